The van der Waals surface area contributed by atoms with Gasteiger partial charge in [-0.15, -0.1) is 0 Å². The van der Waals surface area contributed by atoms with E-state index in [4.69, 9.17) is 14.6 Å². The maximum absolute atomic E-state index is 11.3. The number of aliphatic carboxylic acids is 1. The van der Waals surface area contributed by atoms with Gasteiger partial charge in [-0.05, 0) is 38.2 Å². The predicted molar refractivity (Wildman–Crippen MR) is 103 cm³/mol. The molecule has 164 valence electrons. The second-order valence-electron chi connectivity index (χ2n) is 7.82. The van der Waals surface area contributed by atoms with Crippen LogP contribution in [0.15, 0.2) is 24.3 Å². The van der Waals surface area contributed by atoms with Gasteiger partial charge < -0.3 is 39.9 Å². The van der Waals surface area contributed by atoms with Gasteiger partial charge in [-0.2, -0.15) is 0 Å². The van der Waals surface area contributed by atoms with Gasteiger partial charge in [-0.1, -0.05) is 26.0 Å². The van der Waals surface area contributed by atoms with Crippen LogP contribution < -0.4 is 4.74 Å². The molecule has 1 saturated heterocycles. The lowest BCUT2D eigenvalue weighted by Crippen LogP contribution is -2.61. The summed E-state index contributed by atoms with van der Waals surface area (Å²) in [6.45, 7) is 4.48. The molecule has 1 aliphatic heterocycles. The SMILES string of the molecule is CCC(O)(c1cccc(O[C@@H]2OC(C(=O)O)[C@H](O)[C@H](O)C2O)c1)C(C)CN(C)C. The van der Waals surface area contributed by atoms with Crippen LogP contribution in [0.2, 0.25) is 0 Å². The Morgan fingerprint density at radius 1 is 1.24 bits per heavy atom. The fourth-order valence-corrected chi connectivity index (χ4v) is 3.66. The summed E-state index contributed by atoms with van der Waals surface area (Å²) in [5.74, 6) is -1.35. The van der Waals surface area contributed by atoms with E-state index in [2.05, 4.69) is 0 Å². The van der Waals surface area contributed by atoms with Gasteiger partial charge in [0.1, 0.15) is 24.1 Å². The van der Waals surface area contributed by atoms with E-state index < -0.39 is 42.3 Å². The number of hydrogen-bond acceptors (Lipinski definition) is 8. The summed E-state index contributed by atoms with van der Waals surface area (Å²) in [5, 5.41) is 50.2. The number of carboxylic acid groups (broad SMARTS) is 1. The van der Waals surface area contributed by atoms with Crippen molar-refractivity contribution in [1.82, 2.24) is 4.90 Å². The second kappa shape index (κ2) is 9.38. The van der Waals surface area contributed by atoms with E-state index in [9.17, 15) is 25.2 Å². The van der Waals surface area contributed by atoms with Gasteiger partial charge >= 0.3 is 5.97 Å². The summed E-state index contributed by atoms with van der Waals surface area (Å²) in [5.41, 5.74) is -0.526. The summed E-state index contributed by atoms with van der Waals surface area (Å²) in [7, 11) is 3.85. The third kappa shape index (κ3) is 5.06. The van der Waals surface area contributed by atoms with Crippen LogP contribution in [-0.4, -0.2) is 87.7 Å². The van der Waals surface area contributed by atoms with Crippen LogP contribution in [0, 0.1) is 5.92 Å². The van der Waals surface area contributed by atoms with Gasteiger partial charge in [0.05, 0.1) is 5.60 Å². The molecule has 0 bridgehead atoms. The van der Waals surface area contributed by atoms with Gasteiger partial charge in [0.2, 0.25) is 6.29 Å². The average molecular weight is 413 g/mol. The number of ether oxygens (including phenoxy) is 2. The van der Waals surface area contributed by atoms with Crippen molar-refractivity contribution >= 4 is 5.97 Å². The lowest BCUT2D eigenvalue weighted by molar-refractivity contribution is -0.271. The summed E-state index contributed by atoms with van der Waals surface area (Å²) in [6, 6.07) is 6.60. The van der Waals surface area contributed by atoms with Crippen LogP contribution in [0.5, 0.6) is 5.75 Å². The summed E-state index contributed by atoms with van der Waals surface area (Å²) >= 11 is 0. The summed E-state index contributed by atoms with van der Waals surface area (Å²) in [4.78, 5) is 13.2. The molecule has 1 aliphatic rings. The molecule has 7 atom stereocenters. The van der Waals surface area contributed by atoms with Gasteiger partial charge in [0.25, 0.3) is 0 Å². The van der Waals surface area contributed by atoms with Gasteiger partial charge in [-0.3, -0.25) is 0 Å². The first-order valence-electron chi connectivity index (χ1n) is 9.58. The first kappa shape index (κ1) is 23.5. The molecular weight excluding hydrogens is 382 g/mol. The predicted octanol–water partition coefficient (Wildman–Crippen LogP) is -0.247. The Morgan fingerprint density at radius 3 is 2.45 bits per heavy atom. The number of aliphatic hydroxyl groups excluding tert-OH is 3. The van der Waals surface area contributed by atoms with Crippen molar-refractivity contribution < 1.29 is 39.8 Å². The highest BCUT2D eigenvalue weighted by atomic mass is 16.7. The Morgan fingerprint density at radius 2 is 1.90 bits per heavy atom. The number of rotatable bonds is 8. The molecule has 9 nitrogen and oxygen atoms in total. The highest BCUT2D eigenvalue weighted by Gasteiger charge is 2.48. The molecule has 0 saturated carbocycles. The van der Waals surface area contributed by atoms with E-state index >= 15 is 0 Å². The molecule has 0 aliphatic carbocycles. The highest BCUT2D eigenvalue weighted by molar-refractivity contribution is 5.73. The van der Waals surface area contributed by atoms with E-state index in [0.29, 0.717) is 18.5 Å². The standard InChI is InChI=1S/C20H31NO8/c1-5-20(27,11(2)10-21(3)4)12-7-6-8-13(9-12)28-19-16(24)14(22)15(23)17(29-19)18(25)26/h6-9,11,14-17,19,22-24,27H,5,10H2,1-4H3,(H,25,26)/t11?,14-,15+,16?,17?,19+,20?/m0/s1. The third-order valence-electron chi connectivity index (χ3n) is 5.39. The molecule has 9 heteroatoms. The minimum absolute atomic E-state index is 0.0948. The fraction of sp³-hybridized carbons (Fsp3) is 0.650. The number of aliphatic hydroxyl groups is 4. The van der Waals surface area contributed by atoms with Gasteiger partial charge in [0.15, 0.2) is 6.10 Å². The van der Waals surface area contributed by atoms with E-state index in [1.54, 1.807) is 24.3 Å². The van der Waals surface area contributed by atoms with Gasteiger partial charge in [-0.25, -0.2) is 4.79 Å². The molecule has 1 fully saturated rings. The van der Waals surface area contributed by atoms with Crippen molar-refractivity contribution in [3.8, 4) is 5.75 Å². The van der Waals surface area contributed by atoms with Gasteiger partial charge in [0, 0.05) is 12.5 Å². The van der Waals surface area contributed by atoms with Crippen LogP contribution in [0.25, 0.3) is 0 Å². The zero-order valence-electron chi connectivity index (χ0n) is 17.1. The first-order chi connectivity index (χ1) is 13.5. The zero-order valence-corrected chi connectivity index (χ0v) is 17.1. The van der Waals surface area contributed by atoms with Crippen LogP contribution in [0.3, 0.4) is 0 Å². The number of benzene rings is 1. The third-order valence-corrected chi connectivity index (χ3v) is 5.39. The lowest BCUT2D eigenvalue weighted by atomic mass is 9.80. The number of hydrogen-bond donors (Lipinski definition) is 5. The molecule has 1 aromatic rings. The van der Waals surface area contributed by atoms with Crippen molar-refractivity contribution in [2.45, 2.75) is 56.6 Å². The van der Waals surface area contributed by atoms with Crippen molar-refractivity contribution in [2.24, 2.45) is 5.92 Å². The first-order valence-corrected chi connectivity index (χ1v) is 9.58. The Hall–Kier alpha value is -1.75. The van der Waals surface area contributed by atoms with Crippen LogP contribution in [0.4, 0.5) is 0 Å². The monoisotopic (exact) mass is 413 g/mol. The molecule has 0 aromatic heterocycles. The Labute approximate surface area is 170 Å². The Kier molecular flexibility index (Phi) is 7.61. The molecule has 4 unspecified atom stereocenters. The molecule has 5 N–H and O–H groups in total. The average Bonchev–Trinajstić information content (AvgIpc) is 2.67. The maximum Gasteiger partial charge on any atom is 0.335 e. The smallest absolute Gasteiger partial charge is 0.335 e. The topological polar surface area (TPSA) is 140 Å². The van der Waals surface area contributed by atoms with E-state index in [1.807, 2.05) is 32.8 Å². The van der Waals surface area contributed by atoms with E-state index in [0.717, 1.165) is 0 Å². The normalized spacial score (nSPS) is 30.6. The minimum Gasteiger partial charge on any atom is -0.479 e. The number of nitrogens with zero attached hydrogens (tertiary/aromatic N) is 1. The second-order valence-corrected chi connectivity index (χ2v) is 7.82. The zero-order chi connectivity index (χ0) is 21.9. The molecular formula is C20H31NO8. The van der Waals surface area contributed by atoms with E-state index in [1.165, 1.54) is 0 Å². The summed E-state index contributed by atoms with van der Waals surface area (Å²) < 4.78 is 10.7. The fourth-order valence-electron chi connectivity index (χ4n) is 3.66. The van der Waals surface area contributed by atoms with Crippen LogP contribution >= 0.6 is 0 Å². The minimum atomic E-state index is -1.79. The largest absolute Gasteiger partial charge is 0.479 e. The number of carbonyl (C=O) groups is 1. The van der Waals surface area contributed by atoms with Crippen LogP contribution in [0.1, 0.15) is 25.8 Å². The molecule has 0 spiro atoms. The number of carboxylic acids is 1. The van der Waals surface area contributed by atoms with Crippen molar-refractivity contribution in [2.75, 3.05) is 20.6 Å². The van der Waals surface area contributed by atoms with Crippen molar-refractivity contribution in [3.63, 3.8) is 0 Å². The van der Waals surface area contributed by atoms with Crippen molar-refractivity contribution in [3.05, 3.63) is 29.8 Å². The maximum atomic E-state index is 11.3. The molecule has 2 rings (SSSR count). The lowest BCUT2D eigenvalue weighted by Gasteiger charge is -2.39. The van der Waals surface area contributed by atoms with Crippen LogP contribution in [-0.2, 0) is 15.1 Å². The summed E-state index contributed by atoms with van der Waals surface area (Å²) in [6.07, 6.45) is -7.97. The highest BCUT2D eigenvalue weighted by Crippen LogP contribution is 2.35. The Balaban J connectivity index is 2.25. The molecule has 1 aromatic carbocycles. The van der Waals surface area contributed by atoms with E-state index in [-0.39, 0.29) is 11.7 Å². The molecule has 0 amide bonds. The Bertz CT molecular complexity index is 699. The molecule has 0 radical (unpaired) electrons. The molecule has 1 heterocycles. The quantitative estimate of drug-likeness (QED) is 0.390. The van der Waals surface area contributed by atoms with Crippen molar-refractivity contribution in [1.29, 1.82) is 0 Å². The molecule has 29 heavy (non-hydrogen) atoms.